The third kappa shape index (κ3) is 6.59. The number of hydrogen-bond donors (Lipinski definition) is 1. The van der Waals surface area contributed by atoms with Crippen LogP contribution in [0.15, 0.2) is 18.7 Å². The van der Waals surface area contributed by atoms with Gasteiger partial charge in [-0.1, -0.05) is 0 Å². The predicted octanol–water partition coefficient (Wildman–Crippen LogP) is 1.25. The van der Waals surface area contributed by atoms with Gasteiger partial charge in [0.15, 0.2) is 6.29 Å². The lowest BCUT2D eigenvalue weighted by molar-refractivity contribution is -0.140. The zero-order valence-electron chi connectivity index (χ0n) is 14.8. The van der Waals surface area contributed by atoms with Crippen molar-refractivity contribution in [3.8, 4) is 0 Å². The molecule has 0 radical (unpaired) electrons. The fourth-order valence-corrected chi connectivity index (χ4v) is 2.73. The molecule has 2 rings (SSSR count). The van der Waals surface area contributed by atoms with E-state index in [9.17, 15) is 4.79 Å². The van der Waals surface area contributed by atoms with Gasteiger partial charge in [-0.05, 0) is 26.7 Å². The molecule has 1 N–H and O–H groups in total. The van der Waals surface area contributed by atoms with E-state index in [1.54, 1.807) is 6.20 Å². The highest BCUT2D eigenvalue weighted by atomic mass is 16.7. The topological polar surface area (TPSA) is 68.4 Å². The number of hydrogen-bond acceptors (Lipinski definition) is 5. The lowest BCUT2D eigenvalue weighted by Gasteiger charge is -2.16. The number of aromatic nitrogens is 2. The Hall–Kier alpha value is -1.44. The Balaban J connectivity index is 1.51. The molecule has 1 aliphatic rings. The minimum Gasteiger partial charge on any atom is -0.355 e. The van der Waals surface area contributed by atoms with E-state index in [-0.39, 0.29) is 18.2 Å². The molecule has 0 spiro atoms. The summed E-state index contributed by atoms with van der Waals surface area (Å²) < 4.78 is 13.0. The fraction of sp³-hybridized carbons (Fsp3) is 0.765. The van der Waals surface area contributed by atoms with Crippen LogP contribution in [0.5, 0.6) is 0 Å². The Bertz CT molecular complexity index is 460. The van der Waals surface area contributed by atoms with Crippen molar-refractivity contribution >= 4 is 5.91 Å². The van der Waals surface area contributed by atoms with Gasteiger partial charge in [0.2, 0.25) is 5.91 Å². The fourth-order valence-electron chi connectivity index (χ4n) is 2.73. The summed E-state index contributed by atoms with van der Waals surface area (Å²) in [6.07, 6.45) is 8.12. The number of nitrogens with one attached hydrogen (secondary N) is 1. The first-order valence-corrected chi connectivity index (χ1v) is 8.95. The van der Waals surface area contributed by atoms with E-state index in [1.165, 1.54) is 0 Å². The SMILES string of the molecule is CCOC(CCCNC(=O)C1CN1CCCn1ccnc1)OCC. The monoisotopic (exact) mass is 338 g/mol. The molecule has 2 heterocycles. The highest BCUT2D eigenvalue weighted by Gasteiger charge is 2.39. The molecule has 1 aromatic rings. The first kappa shape index (κ1) is 18.9. The molecule has 1 aliphatic heterocycles. The van der Waals surface area contributed by atoms with Crippen molar-refractivity contribution < 1.29 is 14.3 Å². The molecule has 0 aliphatic carbocycles. The van der Waals surface area contributed by atoms with Gasteiger partial charge < -0.3 is 19.4 Å². The molecule has 0 aromatic carbocycles. The van der Waals surface area contributed by atoms with Gasteiger partial charge in [-0.3, -0.25) is 9.69 Å². The Morgan fingerprint density at radius 2 is 2.08 bits per heavy atom. The molecular weight excluding hydrogens is 308 g/mol. The summed E-state index contributed by atoms with van der Waals surface area (Å²) in [6.45, 7) is 8.66. The molecule has 1 aromatic heterocycles. The van der Waals surface area contributed by atoms with Gasteiger partial charge in [-0.15, -0.1) is 0 Å². The minimum atomic E-state index is -0.155. The van der Waals surface area contributed by atoms with E-state index >= 15 is 0 Å². The molecular formula is C17H30N4O3. The number of aryl methyl sites for hydroxylation is 1. The van der Waals surface area contributed by atoms with E-state index < -0.39 is 0 Å². The number of amides is 1. The quantitative estimate of drug-likeness (QED) is 0.333. The Labute approximate surface area is 144 Å². The van der Waals surface area contributed by atoms with Gasteiger partial charge in [0.05, 0.1) is 6.33 Å². The minimum absolute atomic E-state index is 0.0577. The number of imidazole rings is 1. The maximum absolute atomic E-state index is 12.1. The van der Waals surface area contributed by atoms with Gasteiger partial charge in [0, 0.05) is 58.2 Å². The molecule has 136 valence electrons. The van der Waals surface area contributed by atoms with Gasteiger partial charge >= 0.3 is 0 Å². The van der Waals surface area contributed by atoms with Crippen LogP contribution >= 0.6 is 0 Å². The third-order valence-corrected chi connectivity index (χ3v) is 4.06. The smallest absolute Gasteiger partial charge is 0.238 e. The molecule has 7 heteroatoms. The zero-order chi connectivity index (χ0) is 17.2. The Kier molecular flexibility index (Phi) is 8.21. The van der Waals surface area contributed by atoms with Crippen LogP contribution in [0.1, 0.15) is 33.1 Å². The summed E-state index contributed by atoms with van der Waals surface area (Å²) in [5.41, 5.74) is 0. The van der Waals surface area contributed by atoms with Gasteiger partial charge in [0.25, 0.3) is 0 Å². The van der Waals surface area contributed by atoms with Crippen LogP contribution in [-0.2, 0) is 20.8 Å². The molecule has 1 fully saturated rings. The standard InChI is InChI=1S/C17H30N4O3/c1-3-23-16(24-4-2)7-5-8-19-17(22)15-13-21(15)11-6-10-20-12-9-18-14-20/h9,12,14-16H,3-8,10-11,13H2,1-2H3,(H,19,22). The maximum Gasteiger partial charge on any atom is 0.238 e. The van der Waals surface area contributed by atoms with E-state index in [0.29, 0.717) is 19.8 Å². The first-order chi connectivity index (χ1) is 11.7. The van der Waals surface area contributed by atoms with E-state index in [4.69, 9.17) is 9.47 Å². The molecule has 0 saturated carbocycles. The molecule has 1 amide bonds. The Morgan fingerprint density at radius 3 is 2.75 bits per heavy atom. The lowest BCUT2D eigenvalue weighted by atomic mass is 10.3. The van der Waals surface area contributed by atoms with Crippen molar-refractivity contribution in [1.29, 1.82) is 0 Å². The van der Waals surface area contributed by atoms with Gasteiger partial charge in [0.1, 0.15) is 6.04 Å². The maximum atomic E-state index is 12.1. The molecule has 7 nitrogen and oxygen atoms in total. The van der Waals surface area contributed by atoms with Crippen LogP contribution in [0.4, 0.5) is 0 Å². The molecule has 2 atom stereocenters. The van der Waals surface area contributed by atoms with Crippen molar-refractivity contribution in [2.75, 3.05) is 32.8 Å². The third-order valence-electron chi connectivity index (χ3n) is 4.06. The lowest BCUT2D eigenvalue weighted by Crippen LogP contribution is -2.31. The average molecular weight is 338 g/mol. The van der Waals surface area contributed by atoms with Crippen LogP contribution in [0.2, 0.25) is 0 Å². The van der Waals surface area contributed by atoms with Crippen molar-refractivity contribution in [2.24, 2.45) is 0 Å². The van der Waals surface area contributed by atoms with Crippen molar-refractivity contribution in [3.63, 3.8) is 0 Å². The summed E-state index contributed by atoms with van der Waals surface area (Å²) >= 11 is 0. The van der Waals surface area contributed by atoms with Crippen LogP contribution in [0.3, 0.4) is 0 Å². The second-order valence-corrected chi connectivity index (χ2v) is 5.94. The van der Waals surface area contributed by atoms with Crippen LogP contribution in [-0.4, -0.2) is 65.5 Å². The Morgan fingerprint density at radius 1 is 1.29 bits per heavy atom. The summed E-state index contributed by atoms with van der Waals surface area (Å²) in [5, 5.41) is 3.01. The molecule has 2 unspecified atom stereocenters. The second-order valence-electron chi connectivity index (χ2n) is 5.94. The molecule has 1 saturated heterocycles. The first-order valence-electron chi connectivity index (χ1n) is 8.95. The number of nitrogens with zero attached hydrogens (tertiary/aromatic N) is 3. The average Bonchev–Trinajstić information content (AvgIpc) is 3.15. The summed E-state index contributed by atoms with van der Waals surface area (Å²) in [5.74, 6) is 0.141. The molecule has 0 bridgehead atoms. The van der Waals surface area contributed by atoms with Gasteiger partial charge in [-0.25, -0.2) is 4.98 Å². The van der Waals surface area contributed by atoms with Crippen LogP contribution in [0, 0.1) is 0 Å². The number of rotatable bonds is 13. The van der Waals surface area contributed by atoms with Crippen molar-refractivity contribution in [2.45, 2.75) is 52.0 Å². The van der Waals surface area contributed by atoms with Crippen molar-refractivity contribution in [3.05, 3.63) is 18.7 Å². The number of carbonyl (C=O) groups excluding carboxylic acids is 1. The summed E-state index contributed by atoms with van der Waals surface area (Å²) in [4.78, 5) is 18.3. The highest BCUT2D eigenvalue weighted by molar-refractivity contribution is 5.84. The number of ether oxygens (including phenoxy) is 2. The summed E-state index contributed by atoms with van der Waals surface area (Å²) in [7, 11) is 0. The zero-order valence-corrected chi connectivity index (χ0v) is 14.8. The normalized spacial score (nSPS) is 19.6. The van der Waals surface area contributed by atoms with Crippen molar-refractivity contribution in [1.82, 2.24) is 19.8 Å². The largest absolute Gasteiger partial charge is 0.355 e. The predicted molar refractivity (Wildman–Crippen MR) is 91.5 cm³/mol. The van der Waals surface area contributed by atoms with Gasteiger partial charge in [-0.2, -0.15) is 0 Å². The highest BCUT2D eigenvalue weighted by Crippen LogP contribution is 2.17. The molecule has 24 heavy (non-hydrogen) atoms. The second kappa shape index (κ2) is 10.4. The van der Waals surface area contributed by atoms with Crippen LogP contribution in [0.25, 0.3) is 0 Å². The van der Waals surface area contributed by atoms with E-state index in [0.717, 1.165) is 38.9 Å². The van der Waals surface area contributed by atoms with E-state index in [1.807, 2.05) is 26.4 Å². The number of carbonyl (C=O) groups is 1. The van der Waals surface area contributed by atoms with Crippen LogP contribution < -0.4 is 5.32 Å². The van der Waals surface area contributed by atoms with E-state index in [2.05, 4.69) is 19.8 Å². The summed E-state index contributed by atoms with van der Waals surface area (Å²) in [6, 6.07) is 0.0577.